The Kier molecular flexibility index (Phi) is 2.53. The molecule has 2 N–H and O–H groups in total. The predicted molar refractivity (Wildman–Crippen MR) is 86.5 cm³/mol. The molecule has 1 aromatic heterocycles. The first kappa shape index (κ1) is 12.8. The molecular weight excluding hydrogens is 352 g/mol. The molecule has 3 aliphatic carbocycles. The smallest absolute Gasteiger partial charge is 0.306 e. The van der Waals surface area contributed by atoms with E-state index in [1.54, 1.807) is 0 Å². The molecule has 2 bridgehead atoms. The number of hydrogen-bond acceptors (Lipinski definition) is 1. The Labute approximate surface area is 135 Å². The van der Waals surface area contributed by atoms with Crippen molar-refractivity contribution < 1.29 is 0 Å². The van der Waals surface area contributed by atoms with Crippen molar-refractivity contribution in [1.82, 2.24) is 9.97 Å². The summed E-state index contributed by atoms with van der Waals surface area (Å²) in [5, 5.41) is 0.0561. The highest BCUT2D eigenvalue weighted by Crippen LogP contribution is 2.73. The van der Waals surface area contributed by atoms with Crippen LogP contribution in [0.5, 0.6) is 0 Å². The van der Waals surface area contributed by atoms with Crippen molar-refractivity contribution in [3.63, 3.8) is 0 Å². The van der Waals surface area contributed by atoms with Gasteiger partial charge in [-0.15, -0.1) is 11.6 Å². The largest absolute Gasteiger partial charge is 0.323 e. The normalized spacial score (nSPS) is 37.9. The lowest BCUT2D eigenvalue weighted by Crippen LogP contribution is -2.05. The second-order valence-electron chi connectivity index (χ2n) is 6.97. The number of hydrogen-bond donors (Lipinski definition) is 2. The van der Waals surface area contributed by atoms with Crippen LogP contribution < -0.4 is 5.69 Å². The van der Waals surface area contributed by atoms with Gasteiger partial charge in [-0.25, -0.2) is 4.79 Å². The quantitative estimate of drug-likeness (QED) is 0.768. The number of benzene rings is 1. The number of nitrogens with one attached hydrogen (secondary N) is 2. The van der Waals surface area contributed by atoms with Gasteiger partial charge in [-0.3, -0.25) is 0 Å². The van der Waals surface area contributed by atoms with Crippen molar-refractivity contribution in [2.75, 3.05) is 0 Å². The first-order valence-corrected chi connectivity index (χ1v) is 8.92. The van der Waals surface area contributed by atoms with Crippen LogP contribution >= 0.6 is 27.5 Å². The van der Waals surface area contributed by atoms with E-state index in [-0.39, 0.29) is 11.1 Å². The van der Waals surface area contributed by atoms with Crippen molar-refractivity contribution in [3.05, 3.63) is 32.7 Å². The minimum Gasteiger partial charge on any atom is -0.306 e. The molecule has 0 spiro atoms. The van der Waals surface area contributed by atoms with Crippen LogP contribution in [0.2, 0.25) is 0 Å². The molecule has 2 aromatic rings. The topological polar surface area (TPSA) is 48.6 Å². The third-order valence-electron chi connectivity index (χ3n) is 6.06. The van der Waals surface area contributed by atoms with Gasteiger partial charge in [0.1, 0.15) is 0 Å². The predicted octanol–water partition coefficient (Wildman–Crippen LogP) is 4.19. The van der Waals surface area contributed by atoms with E-state index in [4.69, 9.17) is 11.6 Å². The van der Waals surface area contributed by atoms with E-state index in [0.29, 0.717) is 5.92 Å². The minimum absolute atomic E-state index is 0.0561. The SMILES string of the molecule is O=c1[nH]c2cc(Br)c(C(Cl)C3C4C5CCC(C5)C43)cc2[nH]1. The van der Waals surface area contributed by atoms with Crippen molar-refractivity contribution in [2.45, 2.75) is 24.6 Å². The summed E-state index contributed by atoms with van der Waals surface area (Å²) >= 11 is 10.5. The van der Waals surface area contributed by atoms with E-state index in [0.717, 1.165) is 44.7 Å². The summed E-state index contributed by atoms with van der Waals surface area (Å²) in [6.45, 7) is 0. The molecule has 0 amide bonds. The first-order valence-electron chi connectivity index (χ1n) is 7.69. The monoisotopic (exact) mass is 366 g/mol. The van der Waals surface area contributed by atoms with E-state index >= 15 is 0 Å². The van der Waals surface area contributed by atoms with E-state index < -0.39 is 0 Å². The fourth-order valence-electron chi connectivity index (χ4n) is 5.28. The third-order valence-corrected chi connectivity index (χ3v) is 7.28. The van der Waals surface area contributed by atoms with Gasteiger partial charge in [0.2, 0.25) is 0 Å². The lowest BCUT2D eigenvalue weighted by atomic mass is 9.96. The van der Waals surface area contributed by atoms with Crippen LogP contribution in [-0.2, 0) is 0 Å². The zero-order valence-corrected chi connectivity index (χ0v) is 13.7. The molecule has 3 aliphatic rings. The van der Waals surface area contributed by atoms with Crippen LogP contribution in [0.4, 0.5) is 0 Å². The summed E-state index contributed by atoms with van der Waals surface area (Å²) in [5.74, 6) is 4.22. The molecule has 3 nitrogen and oxygen atoms in total. The summed E-state index contributed by atoms with van der Waals surface area (Å²) in [5.41, 5.74) is 2.63. The van der Waals surface area contributed by atoms with E-state index in [1.165, 1.54) is 19.3 Å². The highest BCUT2D eigenvalue weighted by molar-refractivity contribution is 9.10. The molecule has 5 heteroatoms. The maximum atomic E-state index is 11.4. The van der Waals surface area contributed by atoms with E-state index in [9.17, 15) is 4.79 Å². The molecule has 5 rings (SSSR count). The number of H-pyrrole nitrogens is 2. The molecule has 0 radical (unpaired) electrons. The lowest BCUT2D eigenvalue weighted by molar-refractivity contribution is 0.454. The molecule has 1 aromatic carbocycles. The van der Waals surface area contributed by atoms with Gasteiger partial charge >= 0.3 is 5.69 Å². The lowest BCUT2D eigenvalue weighted by Gasteiger charge is -2.16. The Bertz CT molecular complexity index is 781. The van der Waals surface area contributed by atoms with Crippen molar-refractivity contribution in [2.24, 2.45) is 29.6 Å². The minimum atomic E-state index is -0.165. The van der Waals surface area contributed by atoms with Gasteiger partial charge in [0.05, 0.1) is 16.4 Å². The molecule has 5 atom stereocenters. The Morgan fingerprint density at radius 2 is 1.76 bits per heavy atom. The van der Waals surface area contributed by atoms with E-state index in [1.807, 2.05) is 12.1 Å². The average molecular weight is 368 g/mol. The molecule has 21 heavy (non-hydrogen) atoms. The second-order valence-corrected chi connectivity index (χ2v) is 8.29. The molecule has 5 unspecified atom stereocenters. The fourth-order valence-corrected chi connectivity index (χ4v) is 6.51. The molecule has 3 fully saturated rings. The highest BCUT2D eigenvalue weighted by atomic mass is 79.9. The van der Waals surface area contributed by atoms with Crippen LogP contribution in [0.3, 0.4) is 0 Å². The Morgan fingerprint density at radius 3 is 2.43 bits per heavy atom. The Morgan fingerprint density at radius 1 is 1.14 bits per heavy atom. The van der Waals surface area contributed by atoms with Gasteiger partial charge in [-0.05, 0) is 66.5 Å². The summed E-state index contributed by atoms with van der Waals surface area (Å²) in [6, 6.07) is 4.00. The van der Waals surface area contributed by atoms with Crippen molar-refractivity contribution in [1.29, 1.82) is 0 Å². The maximum absolute atomic E-state index is 11.4. The molecular formula is C16H16BrClN2O. The zero-order chi connectivity index (χ0) is 14.3. The first-order chi connectivity index (χ1) is 10.1. The number of aromatic nitrogens is 2. The molecule has 110 valence electrons. The van der Waals surface area contributed by atoms with Gasteiger partial charge in [0.25, 0.3) is 0 Å². The van der Waals surface area contributed by atoms with E-state index in [2.05, 4.69) is 25.9 Å². The molecule has 0 aliphatic heterocycles. The van der Waals surface area contributed by atoms with Gasteiger partial charge in [-0.1, -0.05) is 15.9 Å². The van der Waals surface area contributed by atoms with Gasteiger partial charge < -0.3 is 9.97 Å². The summed E-state index contributed by atoms with van der Waals surface area (Å²) in [4.78, 5) is 17.0. The highest BCUT2D eigenvalue weighted by Gasteiger charge is 2.66. The van der Waals surface area contributed by atoms with Crippen molar-refractivity contribution >= 4 is 38.6 Å². The Balaban J connectivity index is 1.52. The van der Waals surface area contributed by atoms with Gasteiger partial charge in [0.15, 0.2) is 0 Å². The number of alkyl halides is 1. The van der Waals surface area contributed by atoms with Gasteiger partial charge in [0, 0.05) is 4.47 Å². The van der Waals surface area contributed by atoms with Gasteiger partial charge in [-0.2, -0.15) is 0 Å². The number of rotatable bonds is 2. The zero-order valence-electron chi connectivity index (χ0n) is 11.4. The summed E-state index contributed by atoms with van der Waals surface area (Å²) in [7, 11) is 0. The standard InChI is InChI=1S/C16H16BrClN2O/c17-9-5-11-10(19-16(21)20-11)4-8(9)15(18)14-12-6-1-2-7(3-6)13(12)14/h4-7,12-15H,1-3H2,(H2,19,20,21). The van der Waals surface area contributed by atoms with Crippen LogP contribution in [0.25, 0.3) is 11.0 Å². The average Bonchev–Trinajstić information content (AvgIpc) is 2.75. The molecule has 0 saturated heterocycles. The van der Waals surface area contributed by atoms with Crippen LogP contribution in [-0.4, -0.2) is 9.97 Å². The summed E-state index contributed by atoms with van der Waals surface area (Å²) < 4.78 is 1.00. The van der Waals surface area contributed by atoms with Crippen LogP contribution in [0, 0.1) is 29.6 Å². The molecule has 1 heterocycles. The number of imidazole rings is 1. The second kappa shape index (κ2) is 4.17. The molecule has 3 saturated carbocycles. The number of halogens is 2. The number of aromatic amines is 2. The van der Waals surface area contributed by atoms with Crippen LogP contribution in [0.1, 0.15) is 30.2 Å². The maximum Gasteiger partial charge on any atom is 0.323 e. The third kappa shape index (κ3) is 1.69. The van der Waals surface area contributed by atoms with Crippen molar-refractivity contribution in [3.8, 4) is 0 Å². The Hall–Kier alpha value is -0.740. The number of fused-ring (bicyclic) bond motifs is 6. The summed E-state index contributed by atoms with van der Waals surface area (Å²) in [6.07, 6.45) is 4.27. The fraction of sp³-hybridized carbons (Fsp3) is 0.562. The van der Waals surface area contributed by atoms with Crippen LogP contribution in [0.15, 0.2) is 21.4 Å².